The van der Waals surface area contributed by atoms with E-state index in [1.807, 2.05) is 24.3 Å². The van der Waals surface area contributed by atoms with E-state index in [0.717, 1.165) is 23.1 Å². The molecule has 0 heterocycles. The predicted molar refractivity (Wildman–Crippen MR) is 160 cm³/mol. The first-order valence-corrected chi connectivity index (χ1v) is 12.8. The van der Waals surface area contributed by atoms with Crippen molar-refractivity contribution >= 4 is 11.6 Å². The summed E-state index contributed by atoms with van der Waals surface area (Å²) in [6.07, 6.45) is 8.93. The molecule has 1 nitrogen and oxygen atoms in total. The van der Waals surface area contributed by atoms with Crippen LogP contribution in [0.4, 0.5) is 0 Å². The summed E-state index contributed by atoms with van der Waals surface area (Å²) in [7, 11) is 0. The lowest BCUT2D eigenvalue weighted by Crippen LogP contribution is -2.26. The van der Waals surface area contributed by atoms with Crippen LogP contribution in [0.1, 0.15) is 48.1 Å². The van der Waals surface area contributed by atoms with Gasteiger partial charge in [-0.05, 0) is 57.9 Å². The van der Waals surface area contributed by atoms with Crippen molar-refractivity contribution in [1.29, 1.82) is 0 Å². The fraction of sp³-hybridized carbons (Fsp3) is 0.111. The highest BCUT2D eigenvalue weighted by molar-refractivity contribution is 5.75. The summed E-state index contributed by atoms with van der Waals surface area (Å²) >= 11 is 0. The first-order chi connectivity index (χ1) is 18.1. The molecular formula is C36H35N. The minimum atomic E-state index is -0.311. The zero-order chi connectivity index (χ0) is 26.1. The van der Waals surface area contributed by atoms with E-state index in [2.05, 4.69) is 130 Å². The van der Waals surface area contributed by atoms with Gasteiger partial charge < -0.3 is 5.73 Å². The highest BCUT2D eigenvalue weighted by Gasteiger charge is 2.32. The maximum Gasteiger partial charge on any atom is 0.0429 e. The third kappa shape index (κ3) is 5.73. The number of nitrogens with two attached hydrogens (primary N) is 1. The van der Waals surface area contributed by atoms with Gasteiger partial charge in [0.15, 0.2) is 0 Å². The molecule has 2 N–H and O–H groups in total. The van der Waals surface area contributed by atoms with E-state index in [4.69, 9.17) is 5.73 Å². The van der Waals surface area contributed by atoms with E-state index in [1.165, 1.54) is 27.8 Å². The Hall–Kier alpha value is -4.36. The van der Waals surface area contributed by atoms with E-state index in [-0.39, 0.29) is 5.41 Å². The van der Waals surface area contributed by atoms with Crippen LogP contribution in [-0.2, 0) is 5.41 Å². The van der Waals surface area contributed by atoms with Crippen LogP contribution in [-0.4, -0.2) is 0 Å². The Kier molecular flexibility index (Phi) is 8.38. The Labute approximate surface area is 222 Å². The topological polar surface area (TPSA) is 26.0 Å². The summed E-state index contributed by atoms with van der Waals surface area (Å²) in [5.74, 6) is 0. The third-order valence-corrected chi connectivity index (χ3v) is 7.08. The van der Waals surface area contributed by atoms with Crippen LogP contribution < -0.4 is 5.73 Å². The van der Waals surface area contributed by atoms with Gasteiger partial charge in [-0.1, -0.05) is 147 Å². The fourth-order valence-electron chi connectivity index (χ4n) is 4.88. The van der Waals surface area contributed by atoms with E-state index >= 15 is 0 Å². The summed E-state index contributed by atoms with van der Waals surface area (Å²) in [6.45, 7) is 8.91. The normalized spacial score (nSPS) is 12.6. The van der Waals surface area contributed by atoms with Crippen molar-refractivity contribution in [2.24, 2.45) is 5.73 Å². The zero-order valence-electron chi connectivity index (χ0n) is 21.8. The van der Waals surface area contributed by atoms with Gasteiger partial charge in [-0.3, -0.25) is 0 Å². The second kappa shape index (κ2) is 12.1. The van der Waals surface area contributed by atoms with Crippen molar-refractivity contribution in [3.8, 4) is 0 Å². The van der Waals surface area contributed by atoms with Crippen LogP contribution in [0.3, 0.4) is 0 Å². The largest absolute Gasteiger partial charge is 0.404 e. The maximum absolute atomic E-state index is 5.94. The Balaban J connectivity index is 1.76. The van der Waals surface area contributed by atoms with E-state index in [9.17, 15) is 0 Å². The van der Waals surface area contributed by atoms with Gasteiger partial charge in [-0.15, -0.1) is 0 Å². The highest BCUT2D eigenvalue weighted by Crippen LogP contribution is 2.41. The van der Waals surface area contributed by atoms with Crippen molar-refractivity contribution in [2.75, 3.05) is 0 Å². The van der Waals surface area contributed by atoms with Crippen LogP contribution in [0.5, 0.6) is 0 Å². The first kappa shape index (κ1) is 25.7. The number of rotatable bonds is 9. The minimum absolute atomic E-state index is 0.311. The summed E-state index contributed by atoms with van der Waals surface area (Å²) < 4.78 is 0. The molecule has 4 rings (SSSR count). The van der Waals surface area contributed by atoms with Gasteiger partial charge in [0, 0.05) is 11.6 Å². The molecule has 0 atom stereocenters. The monoisotopic (exact) mass is 481 g/mol. The predicted octanol–water partition coefficient (Wildman–Crippen LogP) is 8.95. The quantitative estimate of drug-likeness (QED) is 0.187. The number of hydrogen-bond acceptors (Lipinski definition) is 1. The van der Waals surface area contributed by atoms with Crippen molar-refractivity contribution in [1.82, 2.24) is 0 Å². The number of hydrogen-bond donors (Lipinski definition) is 1. The molecule has 0 bridgehead atoms. The minimum Gasteiger partial charge on any atom is -0.404 e. The fourth-order valence-corrected chi connectivity index (χ4v) is 4.88. The number of benzene rings is 4. The Morgan fingerprint density at radius 2 is 1.24 bits per heavy atom. The van der Waals surface area contributed by atoms with Gasteiger partial charge in [0.05, 0.1) is 0 Å². The average molecular weight is 482 g/mol. The summed E-state index contributed by atoms with van der Waals surface area (Å²) in [5.41, 5.74) is 14.8. The molecule has 1 heteroatoms. The van der Waals surface area contributed by atoms with Gasteiger partial charge in [0.25, 0.3) is 0 Å². The molecule has 0 aliphatic carbocycles. The lowest BCUT2D eigenvalue weighted by atomic mass is 9.69. The van der Waals surface area contributed by atoms with Crippen LogP contribution >= 0.6 is 0 Å². The van der Waals surface area contributed by atoms with Crippen molar-refractivity contribution in [2.45, 2.75) is 25.7 Å². The van der Waals surface area contributed by atoms with E-state index in [1.54, 1.807) is 6.20 Å². The van der Waals surface area contributed by atoms with Gasteiger partial charge in [-0.2, -0.15) is 0 Å². The van der Waals surface area contributed by atoms with E-state index in [0.29, 0.717) is 0 Å². The molecule has 0 unspecified atom stereocenters. The molecule has 4 aromatic rings. The van der Waals surface area contributed by atoms with Crippen LogP contribution in [0.2, 0.25) is 0 Å². The molecule has 37 heavy (non-hydrogen) atoms. The van der Waals surface area contributed by atoms with Gasteiger partial charge >= 0.3 is 0 Å². The maximum atomic E-state index is 5.94. The molecule has 4 aromatic carbocycles. The smallest absolute Gasteiger partial charge is 0.0429 e. The van der Waals surface area contributed by atoms with Crippen LogP contribution in [0.25, 0.3) is 11.6 Å². The van der Waals surface area contributed by atoms with Crippen molar-refractivity contribution in [3.63, 3.8) is 0 Å². The van der Waals surface area contributed by atoms with Crippen molar-refractivity contribution in [3.05, 3.63) is 179 Å². The molecule has 0 fully saturated rings. The molecule has 0 aliphatic rings. The van der Waals surface area contributed by atoms with Crippen LogP contribution in [0.15, 0.2) is 151 Å². The van der Waals surface area contributed by atoms with E-state index < -0.39 is 0 Å². The molecule has 0 saturated carbocycles. The van der Waals surface area contributed by atoms with Gasteiger partial charge in [0.1, 0.15) is 0 Å². The lowest BCUT2D eigenvalue weighted by molar-refractivity contribution is 0.691. The Morgan fingerprint density at radius 1 is 0.730 bits per heavy atom. The lowest BCUT2D eigenvalue weighted by Gasteiger charge is -2.33. The molecule has 0 aliphatic heterocycles. The molecule has 0 radical (unpaired) electrons. The Bertz CT molecular complexity index is 1370. The van der Waals surface area contributed by atoms with Gasteiger partial charge in [0.2, 0.25) is 0 Å². The molecule has 0 saturated heterocycles. The van der Waals surface area contributed by atoms with Crippen LogP contribution in [0, 0.1) is 0 Å². The zero-order valence-corrected chi connectivity index (χ0v) is 21.8. The summed E-state index contributed by atoms with van der Waals surface area (Å²) in [5, 5.41) is 0. The third-order valence-electron chi connectivity index (χ3n) is 7.08. The molecule has 0 amide bonds. The highest BCUT2D eigenvalue weighted by atomic mass is 14.5. The van der Waals surface area contributed by atoms with Gasteiger partial charge in [-0.25, -0.2) is 0 Å². The second-order valence-electron chi connectivity index (χ2n) is 9.31. The van der Waals surface area contributed by atoms with Crippen molar-refractivity contribution < 1.29 is 0 Å². The molecule has 0 aromatic heterocycles. The first-order valence-electron chi connectivity index (χ1n) is 12.8. The summed E-state index contributed by atoms with van der Waals surface area (Å²) in [6, 6.07) is 40.4. The molecular weight excluding hydrogens is 446 g/mol. The SMILES string of the molecule is C=C(/C=C\C(=CN)c1ccccc1)/C(=C/c1ccccc1C(C)(c1ccccc1)c1ccccc1)CC. The summed E-state index contributed by atoms with van der Waals surface area (Å²) in [4.78, 5) is 0. The Morgan fingerprint density at radius 3 is 1.78 bits per heavy atom. The molecule has 0 spiro atoms. The number of allylic oxidation sites excluding steroid dienone is 5. The second-order valence-corrected chi connectivity index (χ2v) is 9.31. The molecule has 184 valence electrons. The average Bonchev–Trinajstić information content (AvgIpc) is 2.97. The standard InChI is InChI=1S/C36H35N/c1-4-29(28(2)24-25-32(27-37)30-16-8-5-9-17-30)26-31-18-14-15-23-35(31)36(3,33-19-10-6-11-20-33)34-21-12-7-13-22-34/h5-27H,2,4,37H2,1,3H3/b25-24-,29-26+,32-27?.